The molecular formula is C17H22N2O3. The number of carbonyl (C=O) groups excluding carboxylic acids is 2. The van der Waals surface area contributed by atoms with Crippen LogP contribution in [0.2, 0.25) is 0 Å². The number of rotatable bonds is 2. The standard InChI is InChI=1S/C17H22N2O3/c1-12(20)19-8-7-17(2,11-19)16(21)18-15-10-22-9-13-5-3-4-6-14(13)15/h3-6,15H,7-11H2,1-2H3,(H,18,21). The number of hydrogen-bond donors (Lipinski definition) is 1. The van der Waals surface area contributed by atoms with Crippen LogP contribution in [0.1, 0.15) is 37.4 Å². The predicted octanol–water partition coefficient (Wildman–Crippen LogP) is 1.63. The summed E-state index contributed by atoms with van der Waals surface area (Å²) in [4.78, 5) is 25.9. The maximum Gasteiger partial charge on any atom is 0.228 e. The number of fused-ring (bicyclic) bond motifs is 1. The molecule has 1 saturated heterocycles. The van der Waals surface area contributed by atoms with Gasteiger partial charge >= 0.3 is 0 Å². The van der Waals surface area contributed by atoms with Crippen molar-refractivity contribution in [3.63, 3.8) is 0 Å². The van der Waals surface area contributed by atoms with Gasteiger partial charge in [-0.2, -0.15) is 0 Å². The first-order valence-electron chi connectivity index (χ1n) is 7.72. The average molecular weight is 302 g/mol. The summed E-state index contributed by atoms with van der Waals surface area (Å²) in [7, 11) is 0. The van der Waals surface area contributed by atoms with E-state index in [2.05, 4.69) is 5.32 Å². The lowest BCUT2D eigenvalue weighted by molar-refractivity contribution is -0.132. The number of ether oxygens (including phenoxy) is 1. The van der Waals surface area contributed by atoms with E-state index in [9.17, 15) is 9.59 Å². The highest BCUT2D eigenvalue weighted by atomic mass is 16.5. The van der Waals surface area contributed by atoms with Crippen molar-refractivity contribution in [2.75, 3.05) is 19.7 Å². The predicted molar refractivity (Wildman–Crippen MR) is 82.0 cm³/mol. The first-order valence-corrected chi connectivity index (χ1v) is 7.72. The highest BCUT2D eigenvalue weighted by Crippen LogP contribution is 2.32. The molecule has 0 spiro atoms. The molecule has 2 heterocycles. The number of nitrogens with one attached hydrogen (secondary N) is 1. The van der Waals surface area contributed by atoms with E-state index in [1.165, 1.54) is 0 Å². The van der Waals surface area contributed by atoms with E-state index in [1.54, 1.807) is 11.8 Å². The number of carbonyl (C=O) groups is 2. The molecule has 1 N–H and O–H groups in total. The Morgan fingerprint density at radius 3 is 2.86 bits per heavy atom. The summed E-state index contributed by atoms with van der Waals surface area (Å²) < 4.78 is 5.59. The van der Waals surface area contributed by atoms with Gasteiger partial charge in [0.2, 0.25) is 11.8 Å². The molecule has 1 fully saturated rings. The van der Waals surface area contributed by atoms with Crippen LogP contribution in [0.25, 0.3) is 0 Å². The smallest absolute Gasteiger partial charge is 0.228 e. The Balaban J connectivity index is 1.72. The molecule has 0 saturated carbocycles. The SMILES string of the molecule is CC(=O)N1CCC(C)(C(=O)NC2COCc3ccccc32)C1. The maximum atomic E-state index is 12.7. The Bertz CT molecular complexity index is 601. The lowest BCUT2D eigenvalue weighted by Crippen LogP contribution is -2.44. The molecule has 0 aliphatic carbocycles. The monoisotopic (exact) mass is 302 g/mol. The van der Waals surface area contributed by atoms with Crippen molar-refractivity contribution in [2.24, 2.45) is 5.41 Å². The van der Waals surface area contributed by atoms with Gasteiger partial charge < -0.3 is 15.0 Å². The van der Waals surface area contributed by atoms with Crippen LogP contribution in [-0.2, 0) is 20.9 Å². The van der Waals surface area contributed by atoms with Crippen molar-refractivity contribution in [3.8, 4) is 0 Å². The van der Waals surface area contributed by atoms with Crippen molar-refractivity contribution in [3.05, 3.63) is 35.4 Å². The average Bonchev–Trinajstić information content (AvgIpc) is 2.92. The molecule has 0 radical (unpaired) electrons. The van der Waals surface area contributed by atoms with Crippen molar-refractivity contribution in [1.82, 2.24) is 10.2 Å². The van der Waals surface area contributed by atoms with Gasteiger partial charge in [0.05, 0.1) is 24.7 Å². The topological polar surface area (TPSA) is 58.6 Å². The van der Waals surface area contributed by atoms with Gasteiger partial charge in [-0.3, -0.25) is 9.59 Å². The minimum absolute atomic E-state index is 0.00144. The summed E-state index contributed by atoms with van der Waals surface area (Å²) in [6.45, 7) is 5.71. The van der Waals surface area contributed by atoms with E-state index >= 15 is 0 Å². The lowest BCUT2D eigenvalue weighted by atomic mass is 9.87. The Morgan fingerprint density at radius 1 is 1.36 bits per heavy atom. The molecule has 2 aliphatic rings. The Morgan fingerprint density at radius 2 is 2.14 bits per heavy atom. The summed E-state index contributed by atoms with van der Waals surface area (Å²) in [6, 6.07) is 7.93. The van der Waals surface area contributed by atoms with Gasteiger partial charge in [0.15, 0.2) is 0 Å². The lowest BCUT2D eigenvalue weighted by Gasteiger charge is -2.30. The highest BCUT2D eigenvalue weighted by molar-refractivity contribution is 5.85. The molecule has 22 heavy (non-hydrogen) atoms. The summed E-state index contributed by atoms with van der Waals surface area (Å²) in [6.07, 6.45) is 0.702. The molecule has 2 atom stereocenters. The summed E-state index contributed by atoms with van der Waals surface area (Å²) in [5, 5.41) is 3.12. The largest absolute Gasteiger partial charge is 0.374 e. The molecule has 0 aromatic heterocycles. The van der Waals surface area contributed by atoms with Crippen LogP contribution in [0, 0.1) is 5.41 Å². The quantitative estimate of drug-likeness (QED) is 0.903. The fourth-order valence-corrected chi connectivity index (χ4v) is 3.25. The number of nitrogens with zero attached hydrogens (tertiary/aromatic N) is 1. The van der Waals surface area contributed by atoms with E-state index < -0.39 is 5.41 Å². The van der Waals surface area contributed by atoms with Crippen molar-refractivity contribution in [1.29, 1.82) is 0 Å². The molecule has 1 aromatic carbocycles. The van der Waals surface area contributed by atoms with Crippen LogP contribution >= 0.6 is 0 Å². The summed E-state index contributed by atoms with van der Waals surface area (Å²) >= 11 is 0. The van der Waals surface area contributed by atoms with Crippen molar-refractivity contribution in [2.45, 2.75) is 32.9 Å². The van der Waals surface area contributed by atoms with Gasteiger partial charge in [0.1, 0.15) is 0 Å². The third-order valence-corrected chi connectivity index (χ3v) is 4.74. The molecule has 2 aliphatic heterocycles. The van der Waals surface area contributed by atoms with E-state index in [4.69, 9.17) is 4.74 Å². The van der Waals surface area contributed by atoms with Crippen LogP contribution in [0.3, 0.4) is 0 Å². The maximum absolute atomic E-state index is 12.7. The second kappa shape index (κ2) is 5.72. The minimum Gasteiger partial charge on any atom is -0.374 e. The van der Waals surface area contributed by atoms with Crippen LogP contribution in [0.5, 0.6) is 0 Å². The molecule has 0 bridgehead atoms. The second-order valence-corrected chi connectivity index (χ2v) is 6.49. The number of benzene rings is 1. The summed E-state index contributed by atoms with van der Waals surface area (Å²) in [5.74, 6) is 0.0319. The minimum atomic E-state index is -0.516. The Hall–Kier alpha value is -1.88. The third kappa shape index (κ3) is 2.73. The first-order chi connectivity index (χ1) is 10.5. The van der Waals surface area contributed by atoms with Crippen LogP contribution in [0.4, 0.5) is 0 Å². The zero-order chi connectivity index (χ0) is 15.7. The van der Waals surface area contributed by atoms with Gasteiger partial charge in [-0.25, -0.2) is 0 Å². The molecule has 118 valence electrons. The number of likely N-dealkylation sites (tertiary alicyclic amines) is 1. The van der Waals surface area contributed by atoms with Gasteiger partial charge in [-0.15, -0.1) is 0 Å². The molecule has 5 heteroatoms. The summed E-state index contributed by atoms with van der Waals surface area (Å²) in [5.41, 5.74) is 1.74. The molecule has 5 nitrogen and oxygen atoms in total. The number of amides is 2. The molecule has 2 unspecified atom stereocenters. The van der Waals surface area contributed by atoms with Gasteiger partial charge in [0.25, 0.3) is 0 Å². The Kier molecular flexibility index (Phi) is 3.91. The fourth-order valence-electron chi connectivity index (χ4n) is 3.25. The zero-order valence-corrected chi connectivity index (χ0v) is 13.1. The zero-order valence-electron chi connectivity index (χ0n) is 13.1. The van der Waals surface area contributed by atoms with Gasteiger partial charge in [0, 0.05) is 20.0 Å². The van der Waals surface area contributed by atoms with Crippen LogP contribution < -0.4 is 5.32 Å². The normalized spacial score (nSPS) is 27.4. The Labute approximate surface area is 130 Å². The van der Waals surface area contributed by atoms with Crippen molar-refractivity contribution < 1.29 is 14.3 Å². The highest BCUT2D eigenvalue weighted by Gasteiger charge is 2.42. The van der Waals surface area contributed by atoms with Gasteiger partial charge in [-0.05, 0) is 24.5 Å². The van der Waals surface area contributed by atoms with E-state index in [-0.39, 0.29) is 17.9 Å². The molecule has 3 rings (SSSR count). The number of hydrogen-bond acceptors (Lipinski definition) is 3. The van der Waals surface area contributed by atoms with Crippen LogP contribution in [0.15, 0.2) is 24.3 Å². The molecule has 1 aromatic rings. The van der Waals surface area contributed by atoms with Crippen molar-refractivity contribution >= 4 is 11.8 Å². The third-order valence-electron chi connectivity index (χ3n) is 4.74. The fraction of sp³-hybridized carbons (Fsp3) is 0.529. The van der Waals surface area contributed by atoms with E-state index in [0.717, 1.165) is 11.1 Å². The van der Waals surface area contributed by atoms with E-state index in [1.807, 2.05) is 31.2 Å². The second-order valence-electron chi connectivity index (χ2n) is 6.49. The van der Waals surface area contributed by atoms with Crippen LogP contribution in [-0.4, -0.2) is 36.4 Å². The molecular weight excluding hydrogens is 280 g/mol. The van der Waals surface area contributed by atoms with E-state index in [0.29, 0.717) is 32.7 Å². The molecule has 2 amide bonds. The first kappa shape index (κ1) is 15.0. The van der Waals surface area contributed by atoms with Gasteiger partial charge in [-0.1, -0.05) is 24.3 Å².